The van der Waals surface area contributed by atoms with Gasteiger partial charge in [0.25, 0.3) is 5.69 Å². The van der Waals surface area contributed by atoms with Crippen LogP contribution in [0, 0.1) is 10.1 Å². The fourth-order valence-corrected chi connectivity index (χ4v) is 1.93. The van der Waals surface area contributed by atoms with Gasteiger partial charge in [-0.3, -0.25) is 10.1 Å². The second-order valence-corrected chi connectivity index (χ2v) is 4.58. The van der Waals surface area contributed by atoms with Crippen LogP contribution in [0.5, 0.6) is 0 Å². The highest BCUT2D eigenvalue weighted by Crippen LogP contribution is 2.20. The molecular formula is C10H14ClN5O2. The number of pyridine rings is 1. The minimum absolute atomic E-state index is 0.0633. The van der Waals surface area contributed by atoms with Crippen molar-refractivity contribution in [3.8, 4) is 0 Å². The summed E-state index contributed by atoms with van der Waals surface area (Å²) >= 11 is 5.75. The molecule has 1 fully saturated rings. The molecule has 1 aromatic rings. The first-order chi connectivity index (χ1) is 8.54. The molecule has 1 N–H and O–H groups in total. The molecule has 0 spiro atoms. The van der Waals surface area contributed by atoms with Gasteiger partial charge in [0, 0.05) is 26.2 Å². The van der Waals surface area contributed by atoms with Crippen LogP contribution in [0.25, 0.3) is 0 Å². The van der Waals surface area contributed by atoms with Crippen LogP contribution in [0.4, 0.5) is 11.5 Å². The summed E-state index contributed by atoms with van der Waals surface area (Å²) in [5.74, 6) is 0.402. The number of nitro groups is 1. The Balaban J connectivity index is 2.07. The minimum Gasteiger partial charge on any atom is -0.304 e. The summed E-state index contributed by atoms with van der Waals surface area (Å²) in [7, 11) is 2.06. The van der Waals surface area contributed by atoms with Gasteiger partial charge in [-0.1, -0.05) is 11.6 Å². The minimum atomic E-state index is -0.483. The molecule has 98 valence electrons. The van der Waals surface area contributed by atoms with E-state index in [1.54, 1.807) is 0 Å². The van der Waals surface area contributed by atoms with E-state index >= 15 is 0 Å². The van der Waals surface area contributed by atoms with Crippen molar-refractivity contribution >= 4 is 23.1 Å². The molecule has 0 unspecified atom stereocenters. The van der Waals surface area contributed by atoms with Gasteiger partial charge < -0.3 is 10.3 Å². The SMILES string of the molecule is CN1CCN(Nc2cc([N+](=O)[O-])cc(Cl)n2)CC1. The summed E-state index contributed by atoms with van der Waals surface area (Å²) in [6.07, 6.45) is 0. The number of hydrogen-bond donors (Lipinski definition) is 1. The molecule has 7 nitrogen and oxygen atoms in total. The van der Waals surface area contributed by atoms with E-state index in [0.717, 1.165) is 26.2 Å². The second-order valence-electron chi connectivity index (χ2n) is 4.19. The predicted molar refractivity (Wildman–Crippen MR) is 68.6 cm³/mol. The van der Waals surface area contributed by atoms with Gasteiger partial charge >= 0.3 is 0 Å². The number of hydrazine groups is 1. The highest BCUT2D eigenvalue weighted by molar-refractivity contribution is 6.29. The van der Waals surface area contributed by atoms with Crippen LogP contribution in [0.1, 0.15) is 0 Å². The monoisotopic (exact) mass is 271 g/mol. The number of aromatic nitrogens is 1. The summed E-state index contributed by atoms with van der Waals surface area (Å²) in [4.78, 5) is 16.5. The number of hydrogen-bond acceptors (Lipinski definition) is 6. The molecule has 0 aromatic carbocycles. The van der Waals surface area contributed by atoms with Crippen LogP contribution in [0.2, 0.25) is 5.15 Å². The van der Waals surface area contributed by atoms with Gasteiger partial charge in [0.05, 0.1) is 17.1 Å². The Bertz CT molecular complexity index is 448. The van der Waals surface area contributed by atoms with Crippen molar-refractivity contribution in [1.29, 1.82) is 0 Å². The number of nitrogens with zero attached hydrogens (tertiary/aromatic N) is 4. The van der Waals surface area contributed by atoms with Gasteiger partial charge in [0.1, 0.15) is 11.0 Å². The first-order valence-electron chi connectivity index (χ1n) is 5.57. The molecule has 18 heavy (non-hydrogen) atoms. The van der Waals surface area contributed by atoms with Gasteiger partial charge in [-0.25, -0.2) is 9.99 Å². The molecule has 1 saturated heterocycles. The van der Waals surface area contributed by atoms with Crippen molar-refractivity contribution in [2.45, 2.75) is 0 Å². The Morgan fingerprint density at radius 3 is 2.67 bits per heavy atom. The van der Waals surface area contributed by atoms with E-state index < -0.39 is 4.92 Å². The molecule has 0 amide bonds. The van der Waals surface area contributed by atoms with Crippen LogP contribution in [0.15, 0.2) is 12.1 Å². The average molecular weight is 272 g/mol. The first-order valence-corrected chi connectivity index (χ1v) is 5.94. The third-order valence-electron chi connectivity index (χ3n) is 2.77. The third-order valence-corrected chi connectivity index (χ3v) is 2.96. The molecule has 0 atom stereocenters. The topological polar surface area (TPSA) is 74.5 Å². The van der Waals surface area contributed by atoms with Crippen LogP contribution >= 0.6 is 11.6 Å². The van der Waals surface area contributed by atoms with Gasteiger partial charge in [-0.15, -0.1) is 0 Å². The molecular weight excluding hydrogens is 258 g/mol. The van der Waals surface area contributed by atoms with Gasteiger partial charge in [0.15, 0.2) is 0 Å². The number of anilines is 1. The van der Waals surface area contributed by atoms with Gasteiger partial charge in [-0.2, -0.15) is 0 Å². The average Bonchev–Trinajstić information content (AvgIpc) is 2.31. The lowest BCUT2D eigenvalue weighted by atomic mass is 10.4. The maximum absolute atomic E-state index is 10.7. The van der Waals surface area contributed by atoms with Crippen LogP contribution in [0.3, 0.4) is 0 Å². The quantitative estimate of drug-likeness (QED) is 0.506. The number of rotatable bonds is 3. The summed E-state index contributed by atoms with van der Waals surface area (Å²) in [5.41, 5.74) is 2.98. The largest absolute Gasteiger partial charge is 0.304 e. The van der Waals surface area contributed by atoms with E-state index in [1.807, 2.05) is 5.01 Å². The lowest BCUT2D eigenvalue weighted by molar-refractivity contribution is -0.384. The molecule has 2 rings (SSSR count). The Morgan fingerprint density at radius 1 is 1.39 bits per heavy atom. The molecule has 0 aliphatic carbocycles. The highest BCUT2D eigenvalue weighted by Gasteiger charge is 2.16. The van der Waals surface area contributed by atoms with Crippen LogP contribution in [-0.2, 0) is 0 Å². The zero-order chi connectivity index (χ0) is 13.1. The van der Waals surface area contributed by atoms with E-state index in [4.69, 9.17) is 11.6 Å². The Kier molecular flexibility index (Phi) is 3.95. The van der Waals surface area contributed by atoms with Gasteiger partial charge in [-0.05, 0) is 7.05 Å². The van der Waals surface area contributed by atoms with Crippen molar-refractivity contribution in [3.05, 3.63) is 27.4 Å². The van der Waals surface area contributed by atoms with E-state index in [9.17, 15) is 10.1 Å². The standard InChI is InChI=1S/C10H14ClN5O2/c1-14-2-4-15(5-3-14)13-10-7-8(16(17)18)6-9(11)12-10/h6-7H,2-5H2,1H3,(H,12,13). The molecule has 1 aromatic heterocycles. The predicted octanol–water partition coefficient (Wildman–Crippen LogP) is 1.22. The molecule has 2 heterocycles. The van der Waals surface area contributed by atoms with E-state index in [2.05, 4.69) is 22.4 Å². The molecule has 0 saturated carbocycles. The van der Waals surface area contributed by atoms with E-state index in [-0.39, 0.29) is 10.8 Å². The molecule has 8 heteroatoms. The smallest absolute Gasteiger partial charge is 0.276 e. The number of nitrogens with one attached hydrogen (secondary N) is 1. The lowest BCUT2D eigenvalue weighted by Gasteiger charge is -2.32. The van der Waals surface area contributed by atoms with Crippen molar-refractivity contribution in [3.63, 3.8) is 0 Å². The summed E-state index contributed by atoms with van der Waals surface area (Å²) in [6.45, 7) is 3.54. The summed E-state index contributed by atoms with van der Waals surface area (Å²) in [6, 6.07) is 2.61. The Hall–Kier alpha value is -1.44. The molecule has 0 bridgehead atoms. The Labute approximate surface area is 109 Å². The maximum Gasteiger partial charge on any atom is 0.276 e. The number of piperazine rings is 1. The molecule has 0 radical (unpaired) electrons. The Morgan fingerprint density at radius 2 is 2.06 bits per heavy atom. The maximum atomic E-state index is 10.7. The van der Waals surface area contributed by atoms with Crippen molar-refractivity contribution in [2.24, 2.45) is 0 Å². The summed E-state index contributed by atoms with van der Waals surface area (Å²) < 4.78 is 0. The molecule has 1 aliphatic rings. The number of halogens is 1. The first kappa shape index (κ1) is 13.0. The van der Waals surface area contributed by atoms with Crippen molar-refractivity contribution in [2.75, 3.05) is 38.7 Å². The van der Waals surface area contributed by atoms with E-state index in [0.29, 0.717) is 5.82 Å². The van der Waals surface area contributed by atoms with E-state index in [1.165, 1.54) is 12.1 Å². The van der Waals surface area contributed by atoms with Crippen LogP contribution in [-0.4, -0.2) is 53.0 Å². The van der Waals surface area contributed by atoms with Gasteiger partial charge in [0.2, 0.25) is 0 Å². The zero-order valence-corrected chi connectivity index (χ0v) is 10.7. The zero-order valence-electron chi connectivity index (χ0n) is 9.97. The molecule has 1 aliphatic heterocycles. The number of likely N-dealkylation sites (N-methyl/N-ethyl adjacent to an activating group) is 1. The van der Waals surface area contributed by atoms with Crippen molar-refractivity contribution < 1.29 is 4.92 Å². The van der Waals surface area contributed by atoms with Crippen molar-refractivity contribution in [1.82, 2.24) is 14.9 Å². The normalized spacial score (nSPS) is 17.7. The lowest BCUT2D eigenvalue weighted by Crippen LogP contribution is -2.47. The fraction of sp³-hybridized carbons (Fsp3) is 0.500. The summed E-state index contributed by atoms with van der Waals surface area (Å²) in [5, 5.41) is 12.8. The van der Waals surface area contributed by atoms with Crippen LogP contribution < -0.4 is 5.43 Å². The third kappa shape index (κ3) is 3.28. The fourth-order valence-electron chi connectivity index (χ4n) is 1.73. The second kappa shape index (κ2) is 5.47. The highest BCUT2D eigenvalue weighted by atomic mass is 35.5.